The molecule has 0 aliphatic rings. The lowest BCUT2D eigenvalue weighted by Gasteiger charge is -2.04. The van der Waals surface area contributed by atoms with Gasteiger partial charge in [0, 0.05) is 22.3 Å². The van der Waals surface area contributed by atoms with Crippen LogP contribution in [0.2, 0.25) is 19.6 Å². The molecule has 0 amide bonds. The molecule has 0 bridgehead atoms. The number of nitrogen functional groups attached to an aromatic ring is 1. The van der Waals surface area contributed by atoms with Crippen molar-refractivity contribution in [1.29, 1.82) is 0 Å². The highest BCUT2D eigenvalue weighted by Crippen LogP contribution is 2.27. The minimum absolute atomic E-state index is 0.432. The van der Waals surface area contributed by atoms with Crippen LogP contribution in [0.3, 0.4) is 0 Å². The Kier molecular flexibility index (Phi) is 4.00. The zero-order valence-electron chi connectivity index (χ0n) is 13.3. The highest BCUT2D eigenvalue weighted by Gasteiger charge is 2.12. The van der Waals surface area contributed by atoms with Gasteiger partial charge in [-0.1, -0.05) is 59.7 Å². The number of benzene rings is 1. The smallest absolute Gasteiger partial charge is 0.237 e. The zero-order chi connectivity index (χ0) is 16.6. The third kappa shape index (κ3) is 3.46. The van der Waals surface area contributed by atoms with Crippen LogP contribution in [0.25, 0.3) is 17.0 Å². The van der Waals surface area contributed by atoms with Gasteiger partial charge in [0.15, 0.2) is 0 Å². The molecule has 0 aliphatic carbocycles. The summed E-state index contributed by atoms with van der Waals surface area (Å²) in [6.07, 6.45) is 1.95. The fraction of sp³-hybridized carbons (Fsp3) is 0.176. The Morgan fingerprint density at radius 2 is 1.91 bits per heavy atom. The molecule has 116 valence electrons. The molecule has 0 unspecified atom stereocenters. The van der Waals surface area contributed by atoms with Crippen molar-refractivity contribution in [2.75, 3.05) is 5.73 Å². The summed E-state index contributed by atoms with van der Waals surface area (Å²) in [6, 6.07) is 9.77. The Bertz CT molecular complexity index is 945. The van der Waals surface area contributed by atoms with Crippen molar-refractivity contribution in [3.05, 3.63) is 46.7 Å². The van der Waals surface area contributed by atoms with E-state index in [2.05, 4.69) is 57.0 Å². The molecule has 2 aromatic heterocycles. The van der Waals surface area contributed by atoms with E-state index >= 15 is 0 Å². The van der Waals surface area contributed by atoms with Gasteiger partial charge in [0.2, 0.25) is 5.78 Å². The fourth-order valence-corrected chi connectivity index (χ4v) is 3.12. The topological polar surface area (TPSA) is 56.2 Å². The molecule has 3 aromatic rings. The van der Waals surface area contributed by atoms with Gasteiger partial charge in [-0.25, -0.2) is 4.98 Å². The number of hydrogen-bond acceptors (Lipinski definition) is 3. The van der Waals surface area contributed by atoms with Gasteiger partial charge in [-0.3, -0.25) is 4.40 Å². The molecule has 23 heavy (non-hydrogen) atoms. The van der Waals surface area contributed by atoms with Gasteiger partial charge in [0.1, 0.15) is 19.6 Å². The lowest BCUT2D eigenvalue weighted by atomic mass is 10.2. The number of anilines is 1. The minimum atomic E-state index is -1.47. The Balaban J connectivity index is 2.20. The molecule has 2 heterocycles. The van der Waals surface area contributed by atoms with E-state index in [4.69, 9.17) is 5.73 Å². The molecule has 0 saturated heterocycles. The highest BCUT2D eigenvalue weighted by molar-refractivity contribution is 9.10. The number of nitrogens with zero attached hydrogens (tertiary/aromatic N) is 3. The monoisotopic (exact) mass is 384 g/mol. The molecule has 0 aliphatic heterocycles. The van der Waals surface area contributed by atoms with Crippen molar-refractivity contribution in [3.8, 4) is 22.7 Å². The lowest BCUT2D eigenvalue weighted by molar-refractivity contribution is 1.09. The van der Waals surface area contributed by atoms with Crippen molar-refractivity contribution in [2.24, 2.45) is 0 Å². The van der Waals surface area contributed by atoms with E-state index in [0.29, 0.717) is 11.6 Å². The number of hydrogen-bond donors (Lipinski definition) is 1. The standard InChI is InChI=1S/C17H17BrN4Si/c1-23(2,3)9-8-12-10-16(19)21-17-20-15(11-22(12)17)13-6-4-5-7-14(13)18/h4-7,10-11H,1-3H3,(H2,19,20,21). The average molecular weight is 385 g/mol. The van der Waals surface area contributed by atoms with Crippen LogP contribution in [0.15, 0.2) is 41.0 Å². The largest absolute Gasteiger partial charge is 0.383 e. The molecular weight excluding hydrogens is 368 g/mol. The van der Waals surface area contributed by atoms with Gasteiger partial charge in [-0.15, -0.1) is 5.54 Å². The fourth-order valence-electron chi connectivity index (χ4n) is 2.13. The van der Waals surface area contributed by atoms with Crippen molar-refractivity contribution in [1.82, 2.24) is 14.4 Å². The third-order valence-electron chi connectivity index (χ3n) is 3.18. The summed E-state index contributed by atoms with van der Waals surface area (Å²) in [5, 5.41) is 0. The first-order valence-corrected chi connectivity index (χ1v) is 11.6. The molecule has 0 fully saturated rings. The van der Waals surface area contributed by atoms with Gasteiger partial charge in [0.05, 0.1) is 5.69 Å². The summed E-state index contributed by atoms with van der Waals surface area (Å²) in [5.74, 6) is 4.25. The maximum atomic E-state index is 5.91. The summed E-state index contributed by atoms with van der Waals surface area (Å²) in [6.45, 7) is 6.63. The van der Waals surface area contributed by atoms with Gasteiger partial charge in [-0.05, 0) is 6.07 Å². The predicted molar refractivity (Wildman–Crippen MR) is 101 cm³/mol. The molecule has 3 rings (SSSR count). The van der Waals surface area contributed by atoms with E-state index in [1.807, 2.05) is 34.9 Å². The first-order valence-electron chi connectivity index (χ1n) is 7.27. The molecule has 4 nitrogen and oxygen atoms in total. The predicted octanol–water partition coefficient (Wildman–Crippen LogP) is 3.97. The molecule has 0 atom stereocenters. The summed E-state index contributed by atoms with van der Waals surface area (Å²) >= 11 is 3.56. The van der Waals surface area contributed by atoms with E-state index in [1.165, 1.54) is 0 Å². The SMILES string of the molecule is C[Si](C)(C)C#Cc1cc(N)nc2nc(-c3ccccc3Br)cn12. The first-order chi connectivity index (χ1) is 10.8. The number of imidazole rings is 1. The first kappa shape index (κ1) is 15.8. The van der Waals surface area contributed by atoms with Crippen LogP contribution in [0.1, 0.15) is 5.69 Å². The number of halogens is 1. The number of rotatable bonds is 1. The average Bonchev–Trinajstić information content (AvgIpc) is 2.88. The van der Waals surface area contributed by atoms with Crippen molar-refractivity contribution >= 4 is 35.6 Å². The maximum Gasteiger partial charge on any atom is 0.237 e. The van der Waals surface area contributed by atoms with E-state index in [-0.39, 0.29) is 0 Å². The van der Waals surface area contributed by atoms with E-state index in [1.54, 1.807) is 6.07 Å². The molecule has 0 spiro atoms. The summed E-state index contributed by atoms with van der Waals surface area (Å²) in [7, 11) is -1.47. The zero-order valence-corrected chi connectivity index (χ0v) is 15.8. The van der Waals surface area contributed by atoms with Crippen LogP contribution in [-0.2, 0) is 0 Å². The molecule has 6 heteroatoms. The summed E-state index contributed by atoms with van der Waals surface area (Å²) in [5.41, 5.74) is 12.0. The quantitative estimate of drug-likeness (QED) is 0.509. The van der Waals surface area contributed by atoms with Gasteiger partial charge in [-0.2, -0.15) is 4.98 Å². The van der Waals surface area contributed by atoms with Crippen LogP contribution in [0.5, 0.6) is 0 Å². The second-order valence-electron chi connectivity index (χ2n) is 6.34. The molecule has 1 aromatic carbocycles. The summed E-state index contributed by atoms with van der Waals surface area (Å²) in [4.78, 5) is 8.91. The van der Waals surface area contributed by atoms with E-state index in [9.17, 15) is 0 Å². The van der Waals surface area contributed by atoms with E-state index in [0.717, 1.165) is 21.4 Å². The van der Waals surface area contributed by atoms with Gasteiger partial charge < -0.3 is 5.73 Å². The van der Waals surface area contributed by atoms with Crippen LogP contribution in [0.4, 0.5) is 5.82 Å². The third-order valence-corrected chi connectivity index (χ3v) is 4.74. The molecule has 0 saturated carbocycles. The van der Waals surface area contributed by atoms with Crippen molar-refractivity contribution < 1.29 is 0 Å². The normalized spacial score (nSPS) is 11.3. The second kappa shape index (κ2) is 5.83. The molecular formula is C17H17BrN4Si. The van der Waals surface area contributed by atoms with E-state index < -0.39 is 8.07 Å². The Morgan fingerprint density at radius 3 is 2.61 bits per heavy atom. The molecule has 2 N–H and O–H groups in total. The number of fused-ring (bicyclic) bond motifs is 1. The highest BCUT2D eigenvalue weighted by atomic mass is 79.9. The van der Waals surface area contributed by atoms with Gasteiger partial charge >= 0.3 is 0 Å². The Hall–Kier alpha value is -2.10. The van der Waals surface area contributed by atoms with Crippen LogP contribution < -0.4 is 5.73 Å². The van der Waals surface area contributed by atoms with Gasteiger partial charge in [0.25, 0.3) is 0 Å². The second-order valence-corrected chi connectivity index (χ2v) is 11.9. The van der Waals surface area contributed by atoms with Crippen LogP contribution in [-0.4, -0.2) is 22.4 Å². The maximum absolute atomic E-state index is 5.91. The number of aromatic nitrogens is 3. The van der Waals surface area contributed by atoms with Crippen molar-refractivity contribution in [2.45, 2.75) is 19.6 Å². The minimum Gasteiger partial charge on any atom is -0.383 e. The van der Waals surface area contributed by atoms with Crippen LogP contribution >= 0.6 is 15.9 Å². The van der Waals surface area contributed by atoms with Crippen molar-refractivity contribution in [3.63, 3.8) is 0 Å². The Morgan fingerprint density at radius 1 is 1.17 bits per heavy atom. The summed E-state index contributed by atoms with van der Waals surface area (Å²) < 4.78 is 2.89. The lowest BCUT2D eigenvalue weighted by Crippen LogP contribution is -2.16. The van der Waals surface area contributed by atoms with Crippen LogP contribution in [0, 0.1) is 11.5 Å². The number of nitrogens with two attached hydrogens (primary N) is 1. The molecule has 0 radical (unpaired) electrons. The Labute approximate surface area is 144 Å².